The highest BCUT2D eigenvalue weighted by molar-refractivity contribution is 7.99. The van der Waals surface area contributed by atoms with E-state index in [-0.39, 0.29) is 11.7 Å². The third kappa shape index (κ3) is 4.31. The topological polar surface area (TPSA) is 83.6 Å². The van der Waals surface area contributed by atoms with Crippen LogP contribution in [0.15, 0.2) is 46.9 Å². The van der Waals surface area contributed by atoms with Gasteiger partial charge in [-0.05, 0) is 23.9 Å². The van der Waals surface area contributed by atoms with Gasteiger partial charge in [0.1, 0.15) is 16.9 Å². The number of hydrogen-bond donors (Lipinski definition) is 1. The minimum Gasteiger partial charge on any atom is -0.316 e. The number of benzene rings is 1. The minimum absolute atomic E-state index is 0.163. The van der Waals surface area contributed by atoms with Crippen LogP contribution < -0.4 is 5.32 Å². The molecule has 8 heteroatoms. The van der Waals surface area contributed by atoms with Crippen molar-refractivity contribution in [2.75, 3.05) is 11.1 Å². The smallest absolute Gasteiger partial charge is 0.235 e. The first-order valence-corrected chi connectivity index (χ1v) is 9.94. The van der Waals surface area contributed by atoms with Gasteiger partial charge in [0.25, 0.3) is 0 Å². The molecule has 0 bridgehead atoms. The fourth-order valence-electron chi connectivity index (χ4n) is 2.44. The first kappa shape index (κ1) is 18.2. The van der Waals surface area contributed by atoms with Crippen LogP contribution in [0.25, 0.3) is 0 Å². The SMILES string of the molecule is CCn1c(Cc2ccccc2)nnc1SCC(=O)Nc1sccc1C#N. The first-order valence-electron chi connectivity index (χ1n) is 8.07. The molecule has 0 saturated heterocycles. The van der Waals surface area contributed by atoms with Crippen molar-refractivity contribution in [3.05, 3.63) is 58.7 Å². The normalized spacial score (nSPS) is 10.5. The zero-order chi connectivity index (χ0) is 18.4. The monoisotopic (exact) mass is 383 g/mol. The van der Waals surface area contributed by atoms with Gasteiger partial charge in [-0.15, -0.1) is 21.5 Å². The van der Waals surface area contributed by atoms with E-state index < -0.39 is 0 Å². The van der Waals surface area contributed by atoms with Gasteiger partial charge in [0.15, 0.2) is 5.16 Å². The van der Waals surface area contributed by atoms with Gasteiger partial charge >= 0.3 is 0 Å². The number of nitrogens with zero attached hydrogens (tertiary/aromatic N) is 4. The van der Waals surface area contributed by atoms with E-state index >= 15 is 0 Å². The lowest BCUT2D eigenvalue weighted by molar-refractivity contribution is -0.113. The van der Waals surface area contributed by atoms with Gasteiger partial charge < -0.3 is 9.88 Å². The third-order valence-corrected chi connectivity index (χ3v) is 5.48. The fourth-order valence-corrected chi connectivity index (χ4v) is 4.01. The summed E-state index contributed by atoms with van der Waals surface area (Å²) in [4.78, 5) is 12.2. The summed E-state index contributed by atoms with van der Waals surface area (Å²) in [6, 6.07) is 13.9. The zero-order valence-corrected chi connectivity index (χ0v) is 15.8. The van der Waals surface area contributed by atoms with Crippen LogP contribution in [0.5, 0.6) is 0 Å². The van der Waals surface area contributed by atoms with Crippen LogP contribution in [0, 0.1) is 11.3 Å². The van der Waals surface area contributed by atoms with Crippen LogP contribution in [0.1, 0.15) is 23.9 Å². The summed E-state index contributed by atoms with van der Waals surface area (Å²) in [5, 5.41) is 23.4. The van der Waals surface area contributed by atoms with Gasteiger partial charge in [-0.2, -0.15) is 5.26 Å². The Kier molecular flexibility index (Phi) is 6.04. The lowest BCUT2D eigenvalue weighted by Crippen LogP contribution is -2.14. The highest BCUT2D eigenvalue weighted by Gasteiger charge is 2.14. The number of hydrogen-bond acceptors (Lipinski definition) is 6. The molecule has 2 aromatic heterocycles. The average Bonchev–Trinajstić information content (AvgIpc) is 3.27. The Bertz CT molecular complexity index is 927. The van der Waals surface area contributed by atoms with Crippen LogP contribution in [0.4, 0.5) is 5.00 Å². The molecule has 0 radical (unpaired) electrons. The van der Waals surface area contributed by atoms with Crippen LogP contribution in [-0.4, -0.2) is 26.4 Å². The van der Waals surface area contributed by atoms with E-state index in [0.29, 0.717) is 17.0 Å². The first-order chi connectivity index (χ1) is 12.7. The van der Waals surface area contributed by atoms with Crippen molar-refractivity contribution in [3.63, 3.8) is 0 Å². The molecule has 0 unspecified atom stereocenters. The van der Waals surface area contributed by atoms with Crippen LogP contribution in [0.3, 0.4) is 0 Å². The van der Waals surface area contributed by atoms with Gasteiger partial charge in [-0.1, -0.05) is 42.1 Å². The molecule has 132 valence electrons. The maximum atomic E-state index is 12.2. The van der Waals surface area contributed by atoms with Gasteiger partial charge in [-0.3, -0.25) is 4.79 Å². The molecule has 3 aromatic rings. The zero-order valence-electron chi connectivity index (χ0n) is 14.2. The Morgan fingerprint density at radius 2 is 2.12 bits per heavy atom. The lowest BCUT2D eigenvalue weighted by atomic mass is 10.1. The number of amides is 1. The predicted octanol–water partition coefficient (Wildman–Crippen LogP) is 3.55. The summed E-state index contributed by atoms with van der Waals surface area (Å²) < 4.78 is 2.02. The second-order valence-corrected chi connectivity index (χ2v) is 7.28. The summed E-state index contributed by atoms with van der Waals surface area (Å²) >= 11 is 2.69. The number of nitrogens with one attached hydrogen (secondary N) is 1. The van der Waals surface area contributed by atoms with Gasteiger partial charge in [0.2, 0.25) is 5.91 Å². The van der Waals surface area contributed by atoms with E-state index in [1.54, 1.807) is 11.4 Å². The summed E-state index contributed by atoms with van der Waals surface area (Å²) in [7, 11) is 0. The molecule has 26 heavy (non-hydrogen) atoms. The van der Waals surface area contributed by atoms with Crippen molar-refractivity contribution in [1.29, 1.82) is 5.26 Å². The second kappa shape index (κ2) is 8.65. The molecule has 1 N–H and O–H groups in total. The molecule has 0 saturated carbocycles. The van der Waals surface area contributed by atoms with Gasteiger partial charge in [-0.25, -0.2) is 0 Å². The van der Waals surface area contributed by atoms with Gasteiger partial charge in [0, 0.05) is 13.0 Å². The summed E-state index contributed by atoms with van der Waals surface area (Å²) in [6.07, 6.45) is 0.704. The molecule has 2 heterocycles. The van der Waals surface area contributed by atoms with E-state index in [1.807, 2.05) is 29.7 Å². The van der Waals surface area contributed by atoms with Crippen molar-refractivity contribution in [3.8, 4) is 6.07 Å². The molecule has 3 rings (SSSR count). The fraction of sp³-hybridized carbons (Fsp3) is 0.222. The molecular formula is C18H17N5OS2. The molecule has 0 spiro atoms. The van der Waals surface area contributed by atoms with E-state index in [2.05, 4.69) is 33.7 Å². The highest BCUT2D eigenvalue weighted by atomic mass is 32.2. The van der Waals surface area contributed by atoms with Crippen molar-refractivity contribution >= 4 is 34.0 Å². The Hall–Kier alpha value is -2.63. The van der Waals surface area contributed by atoms with E-state index in [4.69, 9.17) is 5.26 Å². The largest absolute Gasteiger partial charge is 0.316 e. The van der Waals surface area contributed by atoms with Gasteiger partial charge in [0.05, 0.1) is 11.3 Å². The van der Waals surface area contributed by atoms with Crippen molar-refractivity contribution in [2.24, 2.45) is 0 Å². The van der Waals surface area contributed by atoms with E-state index in [9.17, 15) is 4.79 Å². The van der Waals surface area contributed by atoms with E-state index in [0.717, 1.165) is 17.5 Å². The number of rotatable bonds is 7. The number of thioether (sulfide) groups is 1. The van der Waals surface area contributed by atoms with Crippen molar-refractivity contribution in [2.45, 2.75) is 25.0 Å². The molecule has 0 atom stereocenters. The average molecular weight is 384 g/mol. The molecule has 0 aliphatic carbocycles. The van der Waals surface area contributed by atoms with Crippen molar-refractivity contribution in [1.82, 2.24) is 14.8 Å². The number of aromatic nitrogens is 3. The van der Waals surface area contributed by atoms with E-state index in [1.165, 1.54) is 28.7 Å². The van der Waals surface area contributed by atoms with Crippen molar-refractivity contribution < 1.29 is 4.79 Å². The number of thiophene rings is 1. The highest BCUT2D eigenvalue weighted by Crippen LogP contribution is 2.23. The molecule has 0 aliphatic rings. The third-order valence-electron chi connectivity index (χ3n) is 3.69. The molecular weight excluding hydrogens is 366 g/mol. The summed E-state index contributed by atoms with van der Waals surface area (Å²) in [5.74, 6) is 0.933. The maximum Gasteiger partial charge on any atom is 0.235 e. The summed E-state index contributed by atoms with van der Waals surface area (Å²) in [6.45, 7) is 2.77. The second-order valence-electron chi connectivity index (χ2n) is 5.42. The molecule has 1 aromatic carbocycles. The quantitative estimate of drug-likeness (QED) is 0.631. The lowest BCUT2D eigenvalue weighted by Gasteiger charge is -2.07. The number of carbonyl (C=O) groups is 1. The predicted molar refractivity (Wildman–Crippen MR) is 103 cm³/mol. The standard InChI is InChI=1S/C18H17N5OS2/c1-2-23-15(10-13-6-4-3-5-7-13)21-22-18(23)26-12-16(24)20-17-14(11-19)8-9-25-17/h3-9H,2,10,12H2,1H3,(H,20,24). The Balaban J connectivity index is 1.63. The molecule has 0 fully saturated rings. The number of anilines is 1. The number of carbonyl (C=O) groups excluding carboxylic acids is 1. The molecule has 0 aliphatic heterocycles. The summed E-state index contributed by atoms with van der Waals surface area (Å²) in [5.41, 5.74) is 1.65. The Morgan fingerprint density at radius 3 is 2.85 bits per heavy atom. The van der Waals surface area contributed by atoms with Crippen LogP contribution in [-0.2, 0) is 17.8 Å². The molecule has 6 nitrogen and oxygen atoms in total. The van der Waals surface area contributed by atoms with Crippen LogP contribution in [0.2, 0.25) is 0 Å². The van der Waals surface area contributed by atoms with Crippen LogP contribution >= 0.6 is 23.1 Å². The Labute approximate surface area is 159 Å². The number of nitriles is 1. The molecule has 1 amide bonds. The maximum absolute atomic E-state index is 12.2. The Morgan fingerprint density at radius 1 is 1.31 bits per heavy atom. The minimum atomic E-state index is -0.163.